The largest absolute Gasteiger partial charge is 0.374 e. The second-order valence-corrected chi connectivity index (χ2v) is 6.55. The first kappa shape index (κ1) is 16.1. The molecule has 2 atom stereocenters. The molecule has 2 aromatic rings. The molecule has 0 spiro atoms. The SMILES string of the molecule is C[C@H](C(=O)N(C[C@H]1CN(C)CCO1)c1nccs1)n1cccn1. The zero-order chi connectivity index (χ0) is 16.2. The Morgan fingerprint density at radius 1 is 1.57 bits per heavy atom. The Balaban J connectivity index is 1.77. The van der Waals surface area contributed by atoms with Gasteiger partial charge >= 0.3 is 0 Å². The molecule has 2 aromatic heterocycles. The molecule has 1 aliphatic heterocycles. The number of amides is 1. The van der Waals surface area contributed by atoms with Crippen LogP contribution in [-0.2, 0) is 9.53 Å². The highest BCUT2D eigenvalue weighted by Crippen LogP contribution is 2.22. The number of carbonyl (C=O) groups excluding carboxylic acids is 1. The van der Waals surface area contributed by atoms with Crippen molar-refractivity contribution in [3.63, 3.8) is 0 Å². The van der Waals surface area contributed by atoms with Crippen LogP contribution in [0.25, 0.3) is 0 Å². The highest BCUT2D eigenvalue weighted by Gasteiger charge is 2.29. The van der Waals surface area contributed by atoms with Crippen LogP contribution in [0, 0.1) is 0 Å². The molecule has 0 unspecified atom stereocenters. The van der Waals surface area contributed by atoms with Gasteiger partial charge in [0.05, 0.1) is 19.3 Å². The summed E-state index contributed by atoms with van der Waals surface area (Å²) in [4.78, 5) is 21.2. The molecule has 1 amide bonds. The van der Waals surface area contributed by atoms with Crippen molar-refractivity contribution >= 4 is 22.4 Å². The highest BCUT2D eigenvalue weighted by atomic mass is 32.1. The summed E-state index contributed by atoms with van der Waals surface area (Å²) in [7, 11) is 2.07. The number of anilines is 1. The summed E-state index contributed by atoms with van der Waals surface area (Å²) < 4.78 is 7.48. The first-order chi connectivity index (χ1) is 11.1. The molecule has 7 nitrogen and oxygen atoms in total. The second kappa shape index (κ2) is 7.20. The van der Waals surface area contributed by atoms with E-state index in [1.807, 2.05) is 18.4 Å². The van der Waals surface area contributed by atoms with Crippen LogP contribution < -0.4 is 4.90 Å². The maximum atomic E-state index is 13.0. The topological polar surface area (TPSA) is 63.5 Å². The number of ether oxygens (including phenoxy) is 1. The Bertz CT molecular complexity index is 616. The molecule has 1 fully saturated rings. The first-order valence-electron chi connectivity index (χ1n) is 7.65. The normalized spacial score (nSPS) is 20.3. The highest BCUT2D eigenvalue weighted by molar-refractivity contribution is 7.13. The fraction of sp³-hybridized carbons (Fsp3) is 0.533. The third kappa shape index (κ3) is 3.77. The van der Waals surface area contributed by atoms with Crippen molar-refractivity contribution in [2.75, 3.05) is 38.2 Å². The minimum absolute atomic E-state index is 0.00794. The number of thiazole rings is 1. The summed E-state index contributed by atoms with van der Waals surface area (Å²) in [6.45, 7) is 4.78. The van der Waals surface area contributed by atoms with Crippen LogP contribution in [-0.4, -0.2) is 65.0 Å². The van der Waals surface area contributed by atoms with Crippen LogP contribution >= 0.6 is 11.3 Å². The predicted octanol–water partition coefficient (Wildman–Crippen LogP) is 1.26. The monoisotopic (exact) mass is 335 g/mol. The van der Waals surface area contributed by atoms with Crippen molar-refractivity contribution in [2.24, 2.45) is 0 Å². The van der Waals surface area contributed by atoms with Gasteiger partial charge in [0.25, 0.3) is 5.91 Å². The number of hydrogen-bond donors (Lipinski definition) is 0. The maximum absolute atomic E-state index is 13.0. The number of aromatic nitrogens is 3. The quantitative estimate of drug-likeness (QED) is 0.823. The van der Waals surface area contributed by atoms with E-state index in [4.69, 9.17) is 4.74 Å². The van der Waals surface area contributed by atoms with Crippen molar-refractivity contribution in [3.05, 3.63) is 30.0 Å². The molecule has 3 rings (SSSR count). The zero-order valence-electron chi connectivity index (χ0n) is 13.3. The molecule has 23 heavy (non-hydrogen) atoms. The van der Waals surface area contributed by atoms with Crippen LogP contribution in [0.3, 0.4) is 0 Å². The van der Waals surface area contributed by atoms with Gasteiger partial charge in [-0.3, -0.25) is 14.4 Å². The van der Waals surface area contributed by atoms with E-state index in [1.54, 1.807) is 28.2 Å². The number of nitrogens with zero attached hydrogens (tertiary/aromatic N) is 5. The van der Waals surface area contributed by atoms with Gasteiger partial charge < -0.3 is 9.64 Å². The molecule has 0 aliphatic carbocycles. The summed E-state index contributed by atoms with van der Waals surface area (Å²) in [5.41, 5.74) is 0. The minimum atomic E-state index is -0.379. The Morgan fingerprint density at radius 2 is 2.43 bits per heavy atom. The molecule has 0 N–H and O–H groups in total. The molecule has 0 bridgehead atoms. The second-order valence-electron chi connectivity index (χ2n) is 5.68. The number of rotatable bonds is 5. The van der Waals surface area contributed by atoms with Crippen LogP contribution in [0.4, 0.5) is 5.13 Å². The molecule has 1 aliphatic rings. The van der Waals surface area contributed by atoms with Crippen molar-refractivity contribution in [1.29, 1.82) is 0 Å². The standard InChI is InChI=1S/C15H21N5O2S/c1-12(20-6-3-4-17-20)14(21)19(15-16-5-9-23-15)11-13-10-18(2)7-8-22-13/h3-6,9,12-13H,7-8,10-11H2,1-2H3/t12-,13-/m1/s1. The van der Waals surface area contributed by atoms with Crippen molar-refractivity contribution in [2.45, 2.75) is 19.1 Å². The van der Waals surface area contributed by atoms with Crippen molar-refractivity contribution in [3.8, 4) is 0 Å². The van der Waals surface area contributed by atoms with Gasteiger partial charge in [-0.2, -0.15) is 5.10 Å². The van der Waals surface area contributed by atoms with E-state index in [2.05, 4.69) is 22.0 Å². The third-order valence-corrected chi connectivity index (χ3v) is 4.72. The predicted molar refractivity (Wildman–Crippen MR) is 88.6 cm³/mol. The van der Waals surface area contributed by atoms with Gasteiger partial charge in [0, 0.05) is 37.1 Å². The summed E-state index contributed by atoms with van der Waals surface area (Å²) in [6.07, 6.45) is 5.18. The Labute approximate surface area is 139 Å². The lowest BCUT2D eigenvalue weighted by atomic mass is 10.2. The summed E-state index contributed by atoms with van der Waals surface area (Å²) in [6, 6.07) is 1.44. The van der Waals surface area contributed by atoms with E-state index >= 15 is 0 Å². The molecular weight excluding hydrogens is 314 g/mol. The van der Waals surface area contributed by atoms with Gasteiger partial charge in [-0.1, -0.05) is 0 Å². The van der Waals surface area contributed by atoms with Gasteiger partial charge in [0.1, 0.15) is 6.04 Å². The summed E-state index contributed by atoms with van der Waals surface area (Å²) in [5, 5.41) is 6.75. The summed E-state index contributed by atoms with van der Waals surface area (Å²) in [5.74, 6) is -0.0273. The van der Waals surface area contributed by atoms with E-state index in [1.165, 1.54) is 11.3 Å². The zero-order valence-corrected chi connectivity index (χ0v) is 14.1. The van der Waals surface area contributed by atoms with Crippen molar-refractivity contribution in [1.82, 2.24) is 19.7 Å². The molecule has 0 saturated carbocycles. The van der Waals surface area contributed by atoms with Gasteiger partial charge in [0.15, 0.2) is 5.13 Å². The minimum Gasteiger partial charge on any atom is -0.374 e. The molecule has 124 valence electrons. The number of morpholine rings is 1. The van der Waals surface area contributed by atoms with Gasteiger partial charge in [-0.05, 0) is 20.0 Å². The average Bonchev–Trinajstić information content (AvgIpc) is 3.24. The van der Waals surface area contributed by atoms with Crippen LogP contribution in [0.2, 0.25) is 0 Å². The maximum Gasteiger partial charge on any atom is 0.253 e. The number of likely N-dealkylation sites (N-methyl/N-ethyl adjacent to an activating group) is 1. The fourth-order valence-corrected chi connectivity index (χ4v) is 3.30. The molecule has 1 saturated heterocycles. The lowest BCUT2D eigenvalue weighted by molar-refractivity contribution is -0.122. The van der Waals surface area contributed by atoms with E-state index in [9.17, 15) is 4.79 Å². The molecular formula is C15H21N5O2S. The van der Waals surface area contributed by atoms with E-state index in [-0.39, 0.29) is 18.1 Å². The smallest absolute Gasteiger partial charge is 0.253 e. The van der Waals surface area contributed by atoms with E-state index in [0.29, 0.717) is 18.3 Å². The van der Waals surface area contributed by atoms with Crippen LogP contribution in [0.1, 0.15) is 13.0 Å². The first-order valence-corrected chi connectivity index (χ1v) is 8.53. The summed E-state index contributed by atoms with van der Waals surface area (Å²) >= 11 is 1.46. The average molecular weight is 335 g/mol. The number of carbonyl (C=O) groups is 1. The lowest BCUT2D eigenvalue weighted by Gasteiger charge is -2.33. The van der Waals surface area contributed by atoms with E-state index in [0.717, 1.165) is 13.1 Å². The van der Waals surface area contributed by atoms with Gasteiger partial charge in [0.2, 0.25) is 0 Å². The lowest BCUT2D eigenvalue weighted by Crippen LogP contribution is -2.48. The molecule has 8 heteroatoms. The Hall–Kier alpha value is -1.77. The van der Waals surface area contributed by atoms with E-state index < -0.39 is 0 Å². The van der Waals surface area contributed by atoms with Crippen LogP contribution in [0.5, 0.6) is 0 Å². The van der Waals surface area contributed by atoms with Gasteiger partial charge in [-0.25, -0.2) is 4.98 Å². The molecule has 0 aromatic carbocycles. The Morgan fingerprint density at radius 3 is 3.09 bits per heavy atom. The Kier molecular flexibility index (Phi) is 5.04. The molecule has 0 radical (unpaired) electrons. The molecule has 3 heterocycles. The number of hydrogen-bond acceptors (Lipinski definition) is 6. The van der Waals surface area contributed by atoms with Gasteiger partial charge in [-0.15, -0.1) is 11.3 Å². The fourth-order valence-electron chi connectivity index (χ4n) is 2.64. The van der Waals surface area contributed by atoms with Crippen molar-refractivity contribution < 1.29 is 9.53 Å². The third-order valence-electron chi connectivity index (χ3n) is 3.92. The van der Waals surface area contributed by atoms with Crippen LogP contribution in [0.15, 0.2) is 30.0 Å².